The Morgan fingerprint density at radius 1 is 1.24 bits per heavy atom. The molecule has 8 nitrogen and oxygen atoms in total. The fourth-order valence-corrected chi connectivity index (χ4v) is 5.03. The monoisotopic (exact) mass is 448 g/mol. The molecule has 2 amide bonds. The number of nitrogens with one attached hydrogen (secondary N) is 3. The Bertz CT molecular complexity index is 1070. The predicted octanol–water partition coefficient (Wildman–Crippen LogP) is 3.25. The van der Waals surface area contributed by atoms with Crippen molar-refractivity contribution in [3.63, 3.8) is 0 Å². The summed E-state index contributed by atoms with van der Waals surface area (Å²) in [5.74, 6) is 0.388. The number of aromatic nitrogens is 2. The van der Waals surface area contributed by atoms with E-state index in [-0.39, 0.29) is 47.7 Å². The highest BCUT2D eigenvalue weighted by Gasteiger charge is 2.37. The molecule has 0 saturated carbocycles. The first-order valence-electron chi connectivity index (χ1n) is 11.7. The Morgan fingerprint density at radius 3 is 2.61 bits per heavy atom. The summed E-state index contributed by atoms with van der Waals surface area (Å²) in [6.45, 7) is 8.52. The maximum atomic E-state index is 13.4. The topological polar surface area (TPSA) is 112 Å². The van der Waals surface area contributed by atoms with Crippen LogP contribution in [-0.2, 0) is 9.59 Å². The number of fused-ring (bicyclic) bond motifs is 1. The Kier molecular flexibility index (Phi) is 6.41. The van der Waals surface area contributed by atoms with Gasteiger partial charge in [0.15, 0.2) is 0 Å². The largest absolute Gasteiger partial charge is 0.363 e. The van der Waals surface area contributed by atoms with Gasteiger partial charge >= 0.3 is 0 Å². The molecular weight excluding hydrogens is 416 g/mol. The standard InChI is InChI=1S/C25H32N6O2/c1-14(2)31-23-21(13-28-31)19(10-22(30-23)18-7-5-17(11-26)6-8-18)24(32)27-12-20-15(3)9-16(4)29-25(20)33/h5-8,13-16,19-20,22,30H,9-10,12H2,1-4H3,(H,27,32)(H,29,33). The van der Waals surface area contributed by atoms with E-state index in [2.05, 4.69) is 47.9 Å². The minimum atomic E-state index is -0.379. The molecule has 33 heavy (non-hydrogen) atoms. The molecule has 2 aliphatic heterocycles. The first-order valence-corrected chi connectivity index (χ1v) is 11.7. The smallest absolute Gasteiger partial charge is 0.227 e. The molecule has 1 aromatic heterocycles. The first kappa shape index (κ1) is 22.8. The Hall–Kier alpha value is -3.34. The molecule has 0 spiro atoms. The zero-order valence-corrected chi connectivity index (χ0v) is 19.6. The predicted molar refractivity (Wildman–Crippen MR) is 125 cm³/mol. The second-order valence-electron chi connectivity index (χ2n) is 9.68. The molecule has 0 aliphatic carbocycles. The summed E-state index contributed by atoms with van der Waals surface area (Å²) >= 11 is 0. The van der Waals surface area contributed by atoms with E-state index in [1.807, 2.05) is 23.7 Å². The van der Waals surface area contributed by atoms with Crippen LogP contribution in [0.25, 0.3) is 0 Å². The van der Waals surface area contributed by atoms with Gasteiger partial charge in [-0.1, -0.05) is 19.1 Å². The second-order valence-corrected chi connectivity index (χ2v) is 9.68. The summed E-state index contributed by atoms with van der Waals surface area (Å²) in [6, 6.07) is 9.82. The molecule has 1 fully saturated rings. The number of hydrogen-bond acceptors (Lipinski definition) is 5. The van der Waals surface area contributed by atoms with E-state index in [0.29, 0.717) is 18.5 Å². The molecule has 1 aromatic carbocycles. The van der Waals surface area contributed by atoms with Crippen LogP contribution in [0, 0.1) is 23.2 Å². The number of anilines is 1. The lowest BCUT2D eigenvalue weighted by Gasteiger charge is -2.34. The van der Waals surface area contributed by atoms with Crippen molar-refractivity contribution in [3.05, 3.63) is 47.2 Å². The van der Waals surface area contributed by atoms with Gasteiger partial charge in [0.05, 0.1) is 35.7 Å². The molecular formula is C25H32N6O2. The second kappa shape index (κ2) is 9.26. The number of amides is 2. The van der Waals surface area contributed by atoms with Gasteiger partial charge in [0.1, 0.15) is 5.82 Å². The summed E-state index contributed by atoms with van der Waals surface area (Å²) in [5, 5.41) is 23.3. The molecule has 5 atom stereocenters. The number of carbonyl (C=O) groups is 2. The molecule has 8 heteroatoms. The zero-order chi connectivity index (χ0) is 23.7. The Balaban J connectivity index is 1.56. The van der Waals surface area contributed by atoms with Gasteiger partial charge < -0.3 is 16.0 Å². The molecule has 3 N–H and O–H groups in total. The van der Waals surface area contributed by atoms with Crippen molar-refractivity contribution in [2.75, 3.05) is 11.9 Å². The van der Waals surface area contributed by atoms with Crippen LogP contribution in [0.15, 0.2) is 30.5 Å². The fourth-order valence-electron chi connectivity index (χ4n) is 5.03. The molecule has 3 heterocycles. The number of nitriles is 1. The molecule has 2 aliphatic rings. The third kappa shape index (κ3) is 4.58. The number of rotatable bonds is 5. The summed E-state index contributed by atoms with van der Waals surface area (Å²) in [7, 11) is 0. The quantitative estimate of drug-likeness (QED) is 0.650. The molecule has 5 unspecified atom stereocenters. The van der Waals surface area contributed by atoms with Crippen molar-refractivity contribution in [3.8, 4) is 6.07 Å². The minimum Gasteiger partial charge on any atom is -0.363 e. The van der Waals surface area contributed by atoms with Crippen LogP contribution < -0.4 is 16.0 Å². The SMILES string of the molecule is CC1CC(C)C(CNC(=O)C2CC(c3ccc(C#N)cc3)Nc3c2cnn3C(C)C)C(=O)N1. The van der Waals surface area contributed by atoms with Crippen molar-refractivity contribution < 1.29 is 9.59 Å². The molecule has 2 aromatic rings. The van der Waals surface area contributed by atoms with Crippen LogP contribution >= 0.6 is 0 Å². The Labute approximate surface area is 194 Å². The van der Waals surface area contributed by atoms with E-state index in [9.17, 15) is 9.59 Å². The van der Waals surface area contributed by atoms with Gasteiger partial charge in [0.2, 0.25) is 11.8 Å². The van der Waals surface area contributed by atoms with Crippen LogP contribution in [-0.4, -0.2) is 34.2 Å². The van der Waals surface area contributed by atoms with Crippen molar-refractivity contribution >= 4 is 17.6 Å². The van der Waals surface area contributed by atoms with Crippen LogP contribution in [0.1, 0.15) is 75.2 Å². The van der Waals surface area contributed by atoms with Crippen molar-refractivity contribution in [1.29, 1.82) is 5.26 Å². The molecule has 1 saturated heterocycles. The lowest BCUT2D eigenvalue weighted by molar-refractivity contribution is -0.130. The average Bonchev–Trinajstić information content (AvgIpc) is 3.22. The van der Waals surface area contributed by atoms with Gasteiger partial charge in [-0.15, -0.1) is 0 Å². The highest BCUT2D eigenvalue weighted by Crippen LogP contribution is 2.41. The molecule has 174 valence electrons. The van der Waals surface area contributed by atoms with E-state index in [4.69, 9.17) is 5.26 Å². The summed E-state index contributed by atoms with van der Waals surface area (Å²) in [4.78, 5) is 25.8. The highest BCUT2D eigenvalue weighted by atomic mass is 16.2. The normalized spacial score (nSPS) is 26.7. The maximum absolute atomic E-state index is 13.4. The average molecular weight is 449 g/mol. The zero-order valence-electron chi connectivity index (χ0n) is 19.6. The molecule has 4 rings (SSSR count). The van der Waals surface area contributed by atoms with Gasteiger partial charge in [0.25, 0.3) is 0 Å². The number of piperidine rings is 1. The van der Waals surface area contributed by atoms with E-state index < -0.39 is 0 Å². The first-order chi connectivity index (χ1) is 15.8. The van der Waals surface area contributed by atoms with E-state index in [1.165, 1.54) is 0 Å². The highest BCUT2D eigenvalue weighted by molar-refractivity contribution is 5.87. The van der Waals surface area contributed by atoms with Gasteiger partial charge in [-0.2, -0.15) is 10.4 Å². The lowest BCUT2D eigenvalue weighted by atomic mass is 9.83. The Morgan fingerprint density at radius 2 is 1.97 bits per heavy atom. The van der Waals surface area contributed by atoms with Gasteiger partial charge in [0, 0.05) is 24.2 Å². The number of hydrogen-bond donors (Lipinski definition) is 3. The maximum Gasteiger partial charge on any atom is 0.227 e. The summed E-state index contributed by atoms with van der Waals surface area (Å²) in [6.07, 6.45) is 3.25. The number of carbonyl (C=O) groups excluding carboxylic acids is 2. The number of nitrogens with zero attached hydrogens (tertiary/aromatic N) is 3. The van der Waals surface area contributed by atoms with Crippen molar-refractivity contribution in [2.45, 2.75) is 64.6 Å². The van der Waals surface area contributed by atoms with Crippen LogP contribution in [0.4, 0.5) is 5.82 Å². The van der Waals surface area contributed by atoms with Gasteiger partial charge in [-0.25, -0.2) is 4.68 Å². The van der Waals surface area contributed by atoms with Crippen LogP contribution in [0.2, 0.25) is 0 Å². The molecule has 0 bridgehead atoms. The van der Waals surface area contributed by atoms with E-state index in [0.717, 1.165) is 23.4 Å². The van der Waals surface area contributed by atoms with Crippen molar-refractivity contribution in [1.82, 2.24) is 20.4 Å². The minimum absolute atomic E-state index is 0.00985. The van der Waals surface area contributed by atoms with Gasteiger partial charge in [-0.3, -0.25) is 9.59 Å². The third-order valence-corrected chi connectivity index (χ3v) is 6.86. The summed E-state index contributed by atoms with van der Waals surface area (Å²) < 4.78 is 1.91. The fraction of sp³-hybridized carbons (Fsp3) is 0.520. The van der Waals surface area contributed by atoms with Crippen LogP contribution in [0.5, 0.6) is 0 Å². The molecule has 0 radical (unpaired) electrons. The van der Waals surface area contributed by atoms with E-state index in [1.54, 1.807) is 18.3 Å². The van der Waals surface area contributed by atoms with Gasteiger partial charge in [-0.05, 0) is 57.2 Å². The van der Waals surface area contributed by atoms with Crippen LogP contribution in [0.3, 0.4) is 0 Å². The number of benzene rings is 1. The third-order valence-electron chi connectivity index (χ3n) is 6.86. The lowest BCUT2D eigenvalue weighted by Crippen LogP contribution is -2.50. The van der Waals surface area contributed by atoms with Crippen molar-refractivity contribution in [2.24, 2.45) is 11.8 Å². The van der Waals surface area contributed by atoms with E-state index >= 15 is 0 Å². The summed E-state index contributed by atoms with van der Waals surface area (Å²) in [5.41, 5.74) is 2.50.